The van der Waals surface area contributed by atoms with Gasteiger partial charge in [0.05, 0.1) is 5.56 Å². The Hall–Kier alpha value is -2.08. The number of piperidine rings is 1. The normalized spacial score (nSPS) is 17.0. The van der Waals surface area contributed by atoms with E-state index in [9.17, 15) is 13.2 Å². The van der Waals surface area contributed by atoms with Gasteiger partial charge >= 0.3 is 6.18 Å². The largest absolute Gasteiger partial charge is 0.417 e. The molecule has 0 aliphatic carbocycles. The number of hydrogen-bond acceptors (Lipinski definition) is 3. The van der Waals surface area contributed by atoms with Crippen LogP contribution in [0.2, 0.25) is 0 Å². The molecule has 1 saturated heterocycles. The van der Waals surface area contributed by atoms with Crippen LogP contribution in [0, 0.1) is 0 Å². The molecular formula is C18H20F3N3. The van der Waals surface area contributed by atoms with E-state index in [1.165, 1.54) is 11.6 Å². The molecule has 0 saturated carbocycles. The van der Waals surface area contributed by atoms with E-state index in [0.717, 1.165) is 44.7 Å². The highest BCUT2D eigenvalue weighted by molar-refractivity contribution is 5.37. The fourth-order valence-corrected chi connectivity index (χ4v) is 2.93. The molecule has 0 amide bonds. The summed E-state index contributed by atoms with van der Waals surface area (Å²) in [6.07, 6.45) is -1.55. The summed E-state index contributed by atoms with van der Waals surface area (Å²) in [6.45, 7) is 2.87. The van der Waals surface area contributed by atoms with Crippen LogP contribution in [0.25, 0.3) is 0 Å². The summed E-state index contributed by atoms with van der Waals surface area (Å²) < 4.78 is 37.6. The van der Waals surface area contributed by atoms with Gasteiger partial charge in [0.2, 0.25) is 0 Å². The third kappa shape index (κ3) is 4.47. The topological polar surface area (TPSA) is 28.2 Å². The predicted molar refractivity (Wildman–Crippen MR) is 87.6 cm³/mol. The van der Waals surface area contributed by atoms with Crippen molar-refractivity contribution in [2.24, 2.45) is 0 Å². The highest BCUT2D eigenvalue weighted by Gasteiger charge is 2.30. The molecule has 3 rings (SSSR count). The van der Waals surface area contributed by atoms with Gasteiger partial charge in [0, 0.05) is 31.9 Å². The molecule has 3 nitrogen and oxygen atoms in total. The third-order valence-electron chi connectivity index (χ3n) is 4.28. The zero-order valence-corrected chi connectivity index (χ0v) is 13.3. The summed E-state index contributed by atoms with van der Waals surface area (Å²) in [5.41, 5.74) is 0.582. The summed E-state index contributed by atoms with van der Waals surface area (Å²) in [6, 6.07) is 13.1. The molecule has 0 spiro atoms. The maximum atomic E-state index is 12.5. The van der Waals surface area contributed by atoms with Crippen LogP contribution in [0.5, 0.6) is 0 Å². The summed E-state index contributed by atoms with van der Waals surface area (Å²) in [4.78, 5) is 6.28. The average molecular weight is 335 g/mol. The van der Waals surface area contributed by atoms with Crippen molar-refractivity contribution in [2.75, 3.05) is 18.4 Å². The lowest BCUT2D eigenvalue weighted by molar-refractivity contribution is -0.137. The average Bonchev–Trinajstić information content (AvgIpc) is 2.57. The molecule has 128 valence electrons. The number of anilines is 1. The van der Waals surface area contributed by atoms with E-state index in [0.29, 0.717) is 5.82 Å². The van der Waals surface area contributed by atoms with Crippen molar-refractivity contribution < 1.29 is 13.2 Å². The standard InChI is InChI=1S/C18H20F3N3/c19-18(20,21)15-6-7-17(22-12-15)23-16-8-10-24(11-9-16)13-14-4-2-1-3-5-14/h1-7,12,16H,8-11,13H2,(H,22,23). The Labute approximate surface area is 139 Å². The van der Waals surface area contributed by atoms with E-state index in [1.54, 1.807) is 0 Å². The Morgan fingerprint density at radius 2 is 1.75 bits per heavy atom. The first kappa shape index (κ1) is 16.8. The Morgan fingerprint density at radius 1 is 1.04 bits per heavy atom. The van der Waals surface area contributed by atoms with Gasteiger partial charge in [-0.2, -0.15) is 13.2 Å². The van der Waals surface area contributed by atoms with Crippen molar-refractivity contribution in [3.05, 3.63) is 59.8 Å². The zero-order valence-electron chi connectivity index (χ0n) is 13.3. The predicted octanol–water partition coefficient (Wildman–Crippen LogP) is 4.18. The van der Waals surface area contributed by atoms with Gasteiger partial charge in [0.15, 0.2) is 0 Å². The molecule has 24 heavy (non-hydrogen) atoms. The monoisotopic (exact) mass is 335 g/mol. The molecule has 1 N–H and O–H groups in total. The van der Waals surface area contributed by atoms with Gasteiger partial charge in [-0.05, 0) is 30.5 Å². The lowest BCUT2D eigenvalue weighted by Crippen LogP contribution is -2.38. The van der Waals surface area contributed by atoms with Crippen LogP contribution in [-0.2, 0) is 12.7 Å². The maximum absolute atomic E-state index is 12.5. The van der Waals surface area contributed by atoms with Gasteiger partial charge in [-0.15, -0.1) is 0 Å². The van der Waals surface area contributed by atoms with Crippen molar-refractivity contribution in [1.29, 1.82) is 0 Å². The van der Waals surface area contributed by atoms with Crippen molar-refractivity contribution in [1.82, 2.24) is 9.88 Å². The van der Waals surface area contributed by atoms with E-state index in [-0.39, 0.29) is 6.04 Å². The molecular weight excluding hydrogens is 315 g/mol. The van der Waals surface area contributed by atoms with Crippen LogP contribution in [0.4, 0.5) is 19.0 Å². The van der Waals surface area contributed by atoms with Crippen LogP contribution in [0.1, 0.15) is 24.0 Å². The number of nitrogens with one attached hydrogen (secondary N) is 1. The lowest BCUT2D eigenvalue weighted by atomic mass is 10.0. The number of hydrogen-bond donors (Lipinski definition) is 1. The zero-order chi connectivity index (χ0) is 17.0. The maximum Gasteiger partial charge on any atom is 0.417 e. The van der Waals surface area contributed by atoms with Crippen molar-refractivity contribution in [3.63, 3.8) is 0 Å². The molecule has 2 aromatic rings. The second-order valence-electron chi connectivity index (χ2n) is 6.11. The Balaban J connectivity index is 1.48. The second-order valence-corrected chi connectivity index (χ2v) is 6.11. The van der Waals surface area contributed by atoms with Crippen LogP contribution in [0.15, 0.2) is 48.7 Å². The number of halogens is 3. The Kier molecular flexibility index (Phi) is 5.04. The molecule has 1 aliphatic heterocycles. The highest BCUT2D eigenvalue weighted by Crippen LogP contribution is 2.29. The highest BCUT2D eigenvalue weighted by atomic mass is 19.4. The van der Waals surface area contributed by atoms with Gasteiger partial charge in [-0.3, -0.25) is 4.90 Å². The molecule has 6 heteroatoms. The fourth-order valence-electron chi connectivity index (χ4n) is 2.93. The van der Waals surface area contributed by atoms with Crippen LogP contribution < -0.4 is 5.32 Å². The number of likely N-dealkylation sites (tertiary alicyclic amines) is 1. The molecule has 0 unspecified atom stereocenters. The molecule has 1 aliphatic rings. The van der Waals surface area contributed by atoms with Crippen molar-refractivity contribution >= 4 is 5.82 Å². The summed E-state index contributed by atoms with van der Waals surface area (Å²) in [5.74, 6) is 0.504. The minimum Gasteiger partial charge on any atom is -0.367 e. The minimum absolute atomic E-state index is 0.251. The number of alkyl halides is 3. The summed E-state index contributed by atoms with van der Waals surface area (Å²) in [5, 5.41) is 3.24. The molecule has 1 aromatic heterocycles. The first-order chi connectivity index (χ1) is 11.5. The van der Waals surface area contributed by atoms with E-state index in [1.807, 2.05) is 18.2 Å². The van der Waals surface area contributed by atoms with E-state index < -0.39 is 11.7 Å². The minimum atomic E-state index is -4.34. The van der Waals surface area contributed by atoms with E-state index in [4.69, 9.17) is 0 Å². The van der Waals surface area contributed by atoms with Gasteiger partial charge in [-0.1, -0.05) is 30.3 Å². The molecule has 0 radical (unpaired) electrons. The lowest BCUT2D eigenvalue weighted by Gasteiger charge is -2.32. The summed E-state index contributed by atoms with van der Waals surface area (Å²) >= 11 is 0. The molecule has 0 bridgehead atoms. The van der Waals surface area contributed by atoms with Crippen LogP contribution >= 0.6 is 0 Å². The smallest absolute Gasteiger partial charge is 0.367 e. The van der Waals surface area contributed by atoms with Crippen LogP contribution in [-0.4, -0.2) is 29.0 Å². The van der Waals surface area contributed by atoms with Crippen molar-refractivity contribution in [3.8, 4) is 0 Å². The second kappa shape index (κ2) is 7.21. The molecule has 2 heterocycles. The molecule has 1 fully saturated rings. The molecule has 0 atom stereocenters. The van der Waals surface area contributed by atoms with Crippen molar-refractivity contribution in [2.45, 2.75) is 31.6 Å². The van der Waals surface area contributed by atoms with Gasteiger partial charge in [0.1, 0.15) is 5.82 Å². The quantitative estimate of drug-likeness (QED) is 0.909. The number of rotatable bonds is 4. The number of aromatic nitrogens is 1. The van der Waals surface area contributed by atoms with Gasteiger partial charge in [-0.25, -0.2) is 4.98 Å². The number of benzene rings is 1. The number of pyridine rings is 1. The Morgan fingerprint density at radius 3 is 2.33 bits per heavy atom. The van der Waals surface area contributed by atoms with E-state index >= 15 is 0 Å². The Bertz CT molecular complexity index is 633. The fraction of sp³-hybridized carbons (Fsp3) is 0.389. The first-order valence-electron chi connectivity index (χ1n) is 8.07. The molecule has 1 aromatic carbocycles. The van der Waals surface area contributed by atoms with Gasteiger partial charge in [0.25, 0.3) is 0 Å². The van der Waals surface area contributed by atoms with Crippen LogP contribution in [0.3, 0.4) is 0 Å². The first-order valence-corrected chi connectivity index (χ1v) is 8.07. The third-order valence-corrected chi connectivity index (χ3v) is 4.28. The SMILES string of the molecule is FC(F)(F)c1ccc(NC2CCN(Cc3ccccc3)CC2)nc1. The summed E-state index contributed by atoms with van der Waals surface area (Å²) in [7, 11) is 0. The number of nitrogens with zero attached hydrogens (tertiary/aromatic N) is 2. The van der Waals surface area contributed by atoms with Gasteiger partial charge < -0.3 is 5.32 Å². The van der Waals surface area contributed by atoms with E-state index in [2.05, 4.69) is 27.3 Å².